The lowest BCUT2D eigenvalue weighted by atomic mass is 9.95. The van der Waals surface area contributed by atoms with Gasteiger partial charge in [0.05, 0.1) is 13.2 Å². The number of nitrogens with one attached hydrogen (secondary N) is 1. The number of hydrogen-bond donors (Lipinski definition) is 2. The average Bonchev–Trinajstić information content (AvgIpc) is 3.28. The van der Waals surface area contributed by atoms with Crippen LogP contribution < -0.4 is 10.1 Å². The predicted octanol–water partition coefficient (Wildman–Crippen LogP) is 2.80. The number of nitrogens with zero attached hydrogens (tertiary/aromatic N) is 1. The van der Waals surface area contributed by atoms with Gasteiger partial charge < -0.3 is 15.2 Å². The van der Waals surface area contributed by atoms with Gasteiger partial charge in [-0.25, -0.2) is 0 Å². The maximum atomic E-state index is 11.9. The number of methoxy groups -OCH3 is 1. The molecule has 1 amide bonds. The van der Waals surface area contributed by atoms with E-state index in [-0.39, 0.29) is 23.2 Å². The van der Waals surface area contributed by atoms with Crippen molar-refractivity contribution < 1.29 is 14.6 Å². The van der Waals surface area contributed by atoms with Crippen LogP contribution in [-0.2, 0) is 11.3 Å². The van der Waals surface area contributed by atoms with Crippen LogP contribution in [0.25, 0.3) is 0 Å². The average molecular weight is 395 g/mol. The second kappa shape index (κ2) is 8.17. The van der Waals surface area contributed by atoms with Crippen molar-refractivity contribution in [1.29, 1.82) is 0 Å². The van der Waals surface area contributed by atoms with Crippen LogP contribution in [0.5, 0.6) is 5.75 Å². The Bertz CT molecular complexity index is 856. The molecule has 1 spiro atoms. The van der Waals surface area contributed by atoms with Gasteiger partial charge in [0.1, 0.15) is 5.75 Å². The lowest BCUT2D eigenvalue weighted by Crippen LogP contribution is -2.29. The maximum absolute atomic E-state index is 11.9. The van der Waals surface area contributed by atoms with E-state index in [4.69, 9.17) is 4.74 Å². The molecule has 0 aromatic heterocycles. The summed E-state index contributed by atoms with van der Waals surface area (Å²) in [5, 5.41) is 14.2. The minimum atomic E-state index is -0.411. The number of para-hydroxylation sites is 1. The number of amides is 1. The SMILES string of the molecule is CCC(=O)NC[C@@H]1[C@@H](c2ccccc2)[C@]12CN(Cc1ccccc1OC)C[C@@H]2O. The number of carbonyl (C=O) groups is 1. The van der Waals surface area contributed by atoms with E-state index in [0.29, 0.717) is 19.5 Å². The van der Waals surface area contributed by atoms with Crippen LogP contribution >= 0.6 is 0 Å². The minimum Gasteiger partial charge on any atom is -0.496 e. The fraction of sp³-hybridized carbons (Fsp3) is 0.458. The van der Waals surface area contributed by atoms with Gasteiger partial charge in [-0.2, -0.15) is 0 Å². The molecule has 5 heteroatoms. The molecule has 1 aliphatic carbocycles. The maximum Gasteiger partial charge on any atom is 0.219 e. The van der Waals surface area contributed by atoms with E-state index in [9.17, 15) is 9.90 Å². The van der Waals surface area contributed by atoms with Crippen LogP contribution in [0, 0.1) is 11.3 Å². The first-order chi connectivity index (χ1) is 14.1. The number of ether oxygens (including phenoxy) is 1. The molecule has 2 aliphatic rings. The van der Waals surface area contributed by atoms with Crippen LogP contribution in [0.15, 0.2) is 54.6 Å². The van der Waals surface area contributed by atoms with E-state index in [0.717, 1.165) is 24.4 Å². The van der Waals surface area contributed by atoms with E-state index in [1.165, 1.54) is 5.56 Å². The highest BCUT2D eigenvalue weighted by Crippen LogP contribution is 2.68. The number of β-amino-alcohol motifs (C(OH)–C–C–N with tert-alkyl or cyclic N) is 1. The number of carbonyl (C=O) groups excluding carboxylic acids is 1. The first-order valence-corrected chi connectivity index (χ1v) is 10.4. The van der Waals surface area contributed by atoms with Gasteiger partial charge in [0.15, 0.2) is 0 Å². The summed E-state index contributed by atoms with van der Waals surface area (Å²) < 4.78 is 5.50. The van der Waals surface area contributed by atoms with E-state index >= 15 is 0 Å². The Morgan fingerprint density at radius 2 is 1.93 bits per heavy atom. The molecule has 0 unspecified atom stereocenters. The molecule has 2 aromatic carbocycles. The van der Waals surface area contributed by atoms with Gasteiger partial charge in [0.2, 0.25) is 5.91 Å². The molecule has 0 radical (unpaired) electrons. The summed E-state index contributed by atoms with van der Waals surface area (Å²) in [6, 6.07) is 18.5. The summed E-state index contributed by atoms with van der Waals surface area (Å²) in [7, 11) is 1.69. The number of rotatable bonds is 7. The zero-order valence-electron chi connectivity index (χ0n) is 17.2. The van der Waals surface area contributed by atoms with E-state index in [1.54, 1.807) is 7.11 Å². The van der Waals surface area contributed by atoms with Crippen molar-refractivity contribution in [3.8, 4) is 5.75 Å². The Hall–Kier alpha value is -2.37. The van der Waals surface area contributed by atoms with Crippen LogP contribution in [0.4, 0.5) is 0 Å². The second-order valence-corrected chi connectivity index (χ2v) is 8.26. The summed E-state index contributed by atoms with van der Waals surface area (Å²) in [6.07, 6.45) is 0.0732. The molecule has 1 saturated heterocycles. The van der Waals surface area contributed by atoms with Crippen molar-refractivity contribution in [2.45, 2.75) is 31.9 Å². The van der Waals surface area contributed by atoms with Crippen molar-refractivity contribution in [1.82, 2.24) is 10.2 Å². The fourth-order valence-electron chi connectivity index (χ4n) is 5.24. The monoisotopic (exact) mass is 394 g/mol. The highest BCUT2D eigenvalue weighted by molar-refractivity contribution is 5.75. The topological polar surface area (TPSA) is 61.8 Å². The third-order valence-corrected chi connectivity index (χ3v) is 6.70. The molecule has 2 N–H and O–H groups in total. The van der Waals surface area contributed by atoms with E-state index in [1.807, 2.05) is 31.2 Å². The molecular formula is C24H30N2O3. The summed E-state index contributed by atoms with van der Waals surface area (Å²) in [6.45, 7) is 4.69. The number of benzene rings is 2. The molecule has 154 valence electrons. The number of aliphatic hydroxyl groups is 1. The van der Waals surface area contributed by atoms with Crippen molar-refractivity contribution in [2.75, 3.05) is 26.7 Å². The van der Waals surface area contributed by atoms with Crippen LogP contribution in [-0.4, -0.2) is 48.8 Å². The lowest BCUT2D eigenvalue weighted by Gasteiger charge is -2.18. The highest BCUT2D eigenvalue weighted by Gasteiger charge is 2.70. The summed E-state index contributed by atoms with van der Waals surface area (Å²) in [5.74, 6) is 1.46. The minimum absolute atomic E-state index is 0.0669. The normalized spacial score (nSPS) is 28.4. The van der Waals surface area contributed by atoms with Crippen LogP contribution in [0.1, 0.15) is 30.4 Å². The first-order valence-electron chi connectivity index (χ1n) is 10.4. The molecule has 0 bridgehead atoms. The van der Waals surface area contributed by atoms with Gasteiger partial charge >= 0.3 is 0 Å². The molecule has 2 fully saturated rings. The zero-order chi connectivity index (χ0) is 20.4. The first kappa shape index (κ1) is 19.9. The molecule has 2 aromatic rings. The molecule has 1 aliphatic heterocycles. The van der Waals surface area contributed by atoms with E-state index in [2.05, 4.69) is 40.5 Å². The molecular weight excluding hydrogens is 364 g/mol. The van der Waals surface area contributed by atoms with Crippen LogP contribution in [0.2, 0.25) is 0 Å². The standard InChI is InChI=1S/C24H30N2O3/c1-3-22(28)25-13-19-23(17-9-5-4-6-10-17)24(19)16-26(15-21(24)27)14-18-11-7-8-12-20(18)29-2/h4-12,19,21,23,27H,3,13-16H2,1-2H3,(H,25,28)/t19-,21+,23-,24-/m1/s1. The third-order valence-electron chi connectivity index (χ3n) is 6.70. The molecule has 4 atom stereocenters. The van der Waals surface area contributed by atoms with Crippen molar-refractivity contribution in [3.05, 3.63) is 65.7 Å². The Balaban J connectivity index is 1.54. The quantitative estimate of drug-likeness (QED) is 0.758. The third kappa shape index (κ3) is 3.65. The van der Waals surface area contributed by atoms with E-state index < -0.39 is 6.10 Å². The molecule has 4 rings (SSSR count). The van der Waals surface area contributed by atoms with Gasteiger partial charge in [-0.1, -0.05) is 55.5 Å². The van der Waals surface area contributed by atoms with Crippen molar-refractivity contribution >= 4 is 5.91 Å². The smallest absolute Gasteiger partial charge is 0.219 e. The lowest BCUT2D eigenvalue weighted by molar-refractivity contribution is -0.120. The van der Waals surface area contributed by atoms with Gasteiger partial charge in [-0.3, -0.25) is 9.69 Å². The Morgan fingerprint density at radius 3 is 2.66 bits per heavy atom. The predicted molar refractivity (Wildman–Crippen MR) is 113 cm³/mol. The Morgan fingerprint density at radius 1 is 1.21 bits per heavy atom. The molecule has 5 nitrogen and oxygen atoms in total. The van der Waals surface area contributed by atoms with Crippen LogP contribution in [0.3, 0.4) is 0 Å². The largest absolute Gasteiger partial charge is 0.496 e. The Labute approximate surface area is 172 Å². The number of likely N-dealkylation sites (tertiary alicyclic amines) is 1. The van der Waals surface area contributed by atoms with Gasteiger partial charge in [-0.15, -0.1) is 0 Å². The van der Waals surface area contributed by atoms with Crippen molar-refractivity contribution in [2.24, 2.45) is 11.3 Å². The molecule has 1 saturated carbocycles. The fourth-order valence-corrected chi connectivity index (χ4v) is 5.24. The summed E-state index contributed by atoms with van der Waals surface area (Å²) in [4.78, 5) is 14.2. The highest BCUT2D eigenvalue weighted by atomic mass is 16.5. The van der Waals surface area contributed by atoms with Crippen molar-refractivity contribution in [3.63, 3.8) is 0 Å². The Kier molecular flexibility index (Phi) is 5.61. The zero-order valence-corrected chi connectivity index (χ0v) is 17.2. The van der Waals surface area contributed by atoms with Gasteiger partial charge in [0, 0.05) is 43.6 Å². The summed E-state index contributed by atoms with van der Waals surface area (Å²) >= 11 is 0. The number of hydrogen-bond acceptors (Lipinski definition) is 4. The summed E-state index contributed by atoms with van der Waals surface area (Å²) in [5.41, 5.74) is 2.18. The number of aliphatic hydroxyl groups excluding tert-OH is 1. The van der Waals surface area contributed by atoms with Gasteiger partial charge in [0.25, 0.3) is 0 Å². The van der Waals surface area contributed by atoms with Gasteiger partial charge in [-0.05, 0) is 23.5 Å². The second-order valence-electron chi connectivity index (χ2n) is 8.26. The molecule has 1 heterocycles. The molecule has 29 heavy (non-hydrogen) atoms.